The van der Waals surface area contributed by atoms with Gasteiger partial charge in [0.25, 0.3) is 0 Å². The molecular formula is C9H16N4O. The van der Waals surface area contributed by atoms with Crippen LogP contribution in [0.25, 0.3) is 0 Å². The molecule has 5 heteroatoms. The van der Waals surface area contributed by atoms with Gasteiger partial charge in [0.05, 0.1) is 12.2 Å². The van der Waals surface area contributed by atoms with Gasteiger partial charge in [-0.2, -0.15) is 5.10 Å². The molecule has 0 spiro atoms. The van der Waals surface area contributed by atoms with Crippen LogP contribution in [0.1, 0.15) is 12.6 Å². The lowest BCUT2D eigenvalue weighted by molar-refractivity contribution is -0.119. The Balaban J connectivity index is 2.34. The predicted molar refractivity (Wildman–Crippen MR) is 53.7 cm³/mol. The molecule has 5 nitrogen and oxygen atoms in total. The molecule has 0 fully saturated rings. The van der Waals surface area contributed by atoms with Crippen LogP contribution in [0.2, 0.25) is 0 Å². The molecule has 0 saturated heterocycles. The van der Waals surface area contributed by atoms with Gasteiger partial charge in [-0.1, -0.05) is 0 Å². The van der Waals surface area contributed by atoms with E-state index >= 15 is 0 Å². The van der Waals surface area contributed by atoms with Crippen molar-refractivity contribution in [1.29, 1.82) is 0 Å². The molecule has 0 aromatic carbocycles. The summed E-state index contributed by atoms with van der Waals surface area (Å²) in [5.74, 6) is -0.00689. The first kappa shape index (κ1) is 10.7. The van der Waals surface area contributed by atoms with Crippen molar-refractivity contribution in [2.45, 2.75) is 20.0 Å². The topological polar surface area (TPSA) is 59.0 Å². The second-order valence-corrected chi connectivity index (χ2v) is 2.92. The van der Waals surface area contributed by atoms with Gasteiger partial charge in [0.1, 0.15) is 0 Å². The molecule has 0 unspecified atom stereocenters. The van der Waals surface area contributed by atoms with E-state index in [0.717, 1.165) is 12.2 Å². The molecule has 0 aliphatic heterocycles. The minimum Gasteiger partial charge on any atom is -0.358 e. The summed E-state index contributed by atoms with van der Waals surface area (Å²) in [4.78, 5) is 10.9. The van der Waals surface area contributed by atoms with Crippen molar-refractivity contribution in [2.75, 3.05) is 13.6 Å². The predicted octanol–water partition coefficient (Wildman–Crippen LogP) is -0.261. The van der Waals surface area contributed by atoms with Gasteiger partial charge in [-0.3, -0.25) is 9.48 Å². The third-order valence-electron chi connectivity index (χ3n) is 1.97. The molecule has 0 aliphatic rings. The second-order valence-electron chi connectivity index (χ2n) is 2.92. The Kier molecular flexibility index (Phi) is 4.12. The highest BCUT2D eigenvalue weighted by Crippen LogP contribution is 1.97. The number of carbonyl (C=O) groups excluding carboxylic acids is 1. The maximum absolute atomic E-state index is 10.9. The van der Waals surface area contributed by atoms with E-state index in [0.29, 0.717) is 13.1 Å². The minimum absolute atomic E-state index is 0.00689. The van der Waals surface area contributed by atoms with E-state index in [9.17, 15) is 4.79 Å². The van der Waals surface area contributed by atoms with E-state index in [1.807, 2.05) is 17.7 Å². The Labute approximate surface area is 83.5 Å². The van der Waals surface area contributed by atoms with Crippen LogP contribution in [0, 0.1) is 0 Å². The van der Waals surface area contributed by atoms with Crippen LogP contribution in [0.3, 0.4) is 0 Å². The smallest absolute Gasteiger partial charge is 0.233 e. The van der Waals surface area contributed by atoms with Gasteiger partial charge in [0.15, 0.2) is 0 Å². The van der Waals surface area contributed by atoms with Crippen LogP contribution in [0.4, 0.5) is 0 Å². The summed E-state index contributed by atoms with van der Waals surface area (Å²) in [5.41, 5.74) is 1.09. The van der Waals surface area contributed by atoms with E-state index in [1.165, 1.54) is 0 Å². The normalized spacial score (nSPS) is 10.1. The number of hydrogen-bond acceptors (Lipinski definition) is 3. The second kappa shape index (κ2) is 5.39. The standard InChI is InChI=1S/C9H16N4O/c1-3-13-8(4-5-12-13)6-11-7-9(14)10-2/h4-5,11H,3,6-7H2,1-2H3,(H,10,14). The van der Waals surface area contributed by atoms with Crippen molar-refractivity contribution in [3.63, 3.8) is 0 Å². The number of aryl methyl sites for hydroxylation is 1. The SMILES string of the molecule is CCn1nccc1CNCC(=O)NC. The summed E-state index contributed by atoms with van der Waals surface area (Å²) in [7, 11) is 1.63. The number of amides is 1. The van der Waals surface area contributed by atoms with E-state index in [1.54, 1.807) is 13.2 Å². The summed E-state index contributed by atoms with van der Waals surface area (Å²) in [6, 6.07) is 1.94. The van der Waals surface area contributed by atoms with Gasteiger partial charge in [0, 0.05) is 26.3 Å². The highest BCUT2D eigenvalue weighted by molar-refractivity contribution is 5.77. The largest absolute Gasteiger partial charge is 0.358 e. The molecule has 1 aromatic heterocycles. The summed E-state index contributed by atoms with van der Waals surface area (Å²) >= 11 is 0. The Morgan fingerprint density at radius 3 is 3.07 bits per heavy atom. The van der Waals surface area contributed by atoms with Crippen molar-refractivity contribution < 1.29 is 4.79 Å². The van der Waals surface area contributed by atoms with Crippen LogP contribution in [-0.4, -0.2) is 29.3 Å². The molecular weight excluding hydrogens is 180 g/mol. The number of rotatable bonds is 5. The molecule has 0 aliphatic carbocycles. The van der Waals surface area contributed by atoms with Gasteiger partial charge in [0.2, 0.25) is 5.91 Å². The lowest BCUT2D eigenvalue weighted by Crippen LogP contribution is -2.31. The molecule has 1 amide bonds. The number of nitrogens with one attached hydrogen (secondary N) is 2. The Bertz CT molecular complexity index is 295. The first-order valence-electron chi connectivity index (χ1n) is 4.70. The zero-order valence-corrected chi connectivity index (χ0v) is 8.58. The fraction of sp³-hybridized carbons (Fsp3) is 0.556. The zero-order chi connectivity index (χ0) is 10.4. The molecule has 1 heterocycles. The first-order chi connectivity index (χ1) is 6.77. The van der Waals surface area contributed by atoms with Gasteiger partial charge < -0.3 is 10.6 Å². The highest BCUT2D eigenvalue weighted by atomic mass is 16.1. The molecule has 1 aromatic rings. The van der Waals surface area contributed by atoms with Crippen molar-refractivity contribution in [3.8, 4) is 0 Å². The van der Waals surface area contributed by atoms with E-state index in [2.05, 4.69) is 15.7 Å². The van der Waals surface area contributed by atoms with E-state index < -0.39 is 0 Å². The van der Waals surface area contributed by atoms with Gasteiger partial charge in [-0.05, 0) is 13.0 Å². The number of likely N-dealkylation sites (N-methyl/N-ethyl adjacent to an activating group) is 1. The molecule has 0 radical (unpaired) electrons. The Morgan fingerprint density at radius 2 is 2.43 bits per heavy atom. The third kappa shape index (κ3) is 2.85. The zero-order valence-electron chi connectivity index (χ0n) is 8.58. The number of carbonyl (C=O) groups is 1. The number of hydrogen-bond donors (Lipinski definition) is 2. The van der Waals surface area contributed by atoms with Crippen molar-refractivity contribution >= 4 is 5.91 Å². The molecule has 0 bridgehead atoms. The van der Waals surface area contributed by atoms with Crippen LogP contribution >= 0.6 is 0 Å². The molecule has 0 saturated carbocycles. The maximum Gasteiger partial charge on any atom is 0.233 e. The average molecular weight is 196 g/mol. The van der Waals surface area contributed by atoms with Gasteiger partial charge in [-0.25, -0.2) is 0 Å². The number of nitrogens with zero attached hydrogens (tertiary/aromatic N) is 2. The lowest BCUT2D eigenvalue weighted by Gasteiger charge is -2.05. The summed E-state index contributed by atoms with van der Waals surface area (Å²) in [5, 5.41) is 9.72. The van der Waals surface area contributed by atoms with Gasteiger partial charge in [-0.15, -0.1) is 0 Å². The highest BCUT2D eigenvalue weighted by Gasteiger charge is 2.01. The number of aromatic nitrogens is 2. The summed E-state index contributed by atoms with van der Waals surface area (Å²) < 4.78 is 1.90. The molecule has 0 atom stereocenters. The quantitative estimate of drug-likeness (QED) is 0.682. The van der Waals surface area contributed by atoms with Crippen LogP contribution in [0.15, 0.2) is 12.3 Å². The Hall–Kier alpha value is -1.36. The minimum atomic E-state index is -0.00689. The van der Waals surface area contributed by atoms with Crippen LogP contribution in [-0.2, 0) is 17.9 Å². The fourth-order valence-corrected chi connectivity index (χ4v) is 1.19. The summed E-state index contributed by atoms with van der Waals surface area (Å²) in [6.07, 6.45) is 1.76. The van der Waals surface area contributed by atoms with Crippen molar-refractivity contribution in [3.05, 3.63) is 18.0 Å². The molecule has 1 rings (SSSR count). The third-order valence-corrected chi connectivity index (χ3v) is 1.97. The van der Waals surface area contributed by atoms with Crippen molar-refractivity contribution in [2.24, 2.45) is 0 Å². The van der Waals surface area contributed by atoms with Gasteiger partial charge >= 0.3 is 0 Å². The van der Waals surface area contributed by atoms with Crippen LogP contribution < -0.4 is 10.6 Å². The molecule has 14 heavy (non-hydrogen) atoms. The molecule has 78 valence electrons. The maximum atomic E-state index is 10.9. The van der Waals surface area contributed by atoms with Crippen LogP contribution in [0.5, 0.6) is 0 Å². The fourth-order valence-electron chi connectivity index (χ4n) is 1.19. The molecule has 2 N–H and O–H groups in total. The average Bonchev–Trinajstić information content (AvgIpc) is 2.65. The first-order valence-corrected chi connectivity index (χ1v) is 4.70. The van der Waals surface area contributed by atoms with E-state index in [-0.39, 0.29) is 5.91 Å². The summed E-state index contributed by atoms with van der Waals surface area (Å²) in [6.45, 7) is 3.89. The van der Waals surface area contributed by atoms with E-state index in [4.69, 9.17) is 0 Å². The Morgan fingerprint density at radius 1 is 1.64 bits per heavy atom. The lowest BCUT2D eigenvalue weighted by atomic mass is 10.4. The van der Waals surface area contributed by atoms with Crippen molar-refractivity contribution in [1.82, 2.24) is 20.4 Å². The monoisotopic (exact) mass is 196 g/mol.